The number of benzene rings is 1. The quantitative estimate of drug-likeness (QED) is 0.720. The van der Waals surface area contributed by atoms with E-state index in [1.54, 1.807) is 0 Å². The van der Waals surface area contributed by atoms with Crippen LogP contribution >= 0.6 is 0 Å². The number of carboxylic acid groups (broad SMARTS) is 1. The van der Waals surface area contributed by atoms with Gasteiger partial charge in [-0.2, -0.15) is 0 Å². The number of hydrogen-bond acceptors (Lipinski definition) is 4. The second kappa shape index (κ2) is 7.99. The van der Waals surface area contributed by atoms with Crippen molar-refractivity contribution in [2.24, 2.45) is 0 Å². The van der Waals surface area contributed by atoms with Gasteiger partial charge >= 0.3 is 5.97 Å². The molecule has 1 heterocycles. The molecule has 1 aromatic carbocycles. The van der Waals surface area contributed by atoms with Crippen LogP contribution in [0.25, 0.3) is 0 Å². The topological polar surface area (TPSA) is 61.8 Å². The van der Waals surface area contributed by atoms with Crippen molar-refractivity contribution in [1.29, 1.82) is 0 Å². The summed E-state index contributed by atoms with van der Waals surface area (Å²) in [6.45, 7) is 6.26. The molecule has 20 heavy (non-hydrogen) atoms. The maximum atomic E-state index is 10.8. The summed E-state index contributed by atoms with van der Waals surface area (Å²) in [5.41, 5.74) is 1.95. The highest BCUT2D eigenvalue weighted by Crippen LogP contribution is 2.09. The third kappa shape index (κ3) is 4.92. The number of aliphatic carboxylic acids is 1. The van der Waals surface area contributed by atoms with Crippen LogP contribution in [0.1, 0.15) is 11.1 Å². The molecular formula is C15H22N2O3. The Hall–Kier alpha value is -1.43. The molecule has 0 amide bonds. The summed E-state index contributed by atoms with van der Waals surface area (Å²) in [6.07, 6.45) is 0.0846. The van der Waals surface area contributed by atoms with E-state index in [0.717, 1.165) is 50.5 Å². The fourth-order valence-electron chi connectivity index (χ4n) is 2.35. The van der Waals surface area contributed by atoms with Crippen LogP contribution in [0.3, 0.4) is 0 Å². The Morgan fingerprint density at radius 3 is 2.65 bits per heavy atom. The summed E-state index contributed by atoms with van der Waals surface area (Å²) in [7, 11) is 0. The second-order valence-electron chi connectivity index (χ2n) is 4.97. The van der Waals surface area contributed by atoms with Gasteiger partial charge in [-0.15, -0.1) is 0 Å². The third-order valence-electron chi connectivity index (χ3n) is 3.48. The van der Waals surface area contributed by atoms with E-state index < -0.39 is 5.97 Å². The van der Waals surface area contributed by atoms with E-state index in [4.69, 9.17) is 9.84 Å². The van der Waals surface area contributed by atoms with Crippen LogP contribution in [-0.4, -0.2) is 55.4 Å². The van der Waals surface area contributed by atoms with Crippen LogP contribution in [0.2, 0.25) is 0 Å². The predicted octanol–water partition coefficient (Wildman–Crippen LogP) is 0.736. The van der Waals surface area contributed by atoms with E-state index in [1.165, 1.54) is 0 Å². The average molecular weight is 278 g/mol. The van der Waals surface area contributed by atoms with E-state index in [-0.39, 0.29) is 6.42 Å². The first-order chi connectivity index (χ1) is 9.75. The zero-order valence-corrected chi connectivity index (χ0v) is 11.7. The van der Waals surface area contributed by atoms with Crippen molar-refractivity contribution < 1.29 is 14.6 Å². The van der Waals surface area contributed by atoms with Gasteiger partial charge in [-0.3, -0.25) is 9.69 Å². The molecule has 110 valence electrons. The van der Waals surface area contributed by atoms with E-state index in [2.05, 4.69) is 10.2 Å². The van der Waals surface area contributed by atoms with E-state index in [1.807, 2.05) is 24.3 Å². The van der Waals surface area contributed by atoms with Crippen LogP contribution < -0.4 is 5.32 Å². The Morgan fingerprint density at radius 2 is 1.95 bits per heavy atom. The lowest BCUT2D eigenvalue weighted by atomic mass is 10.0. The molecule has 1 saturated heterocycles. The van der Waals surface area contributed by atoms with Gasteiger partial charge in [0.1, 0.15) is 0 Å². The van der Waals surface area contributed by atoms with Gasteiger partial charge in [0, 0.05) is 32.7 Å². The molecule has 5 heteroatoms. The molecule has 0 radical (unpaired) electrons. The maximum absolute atomic E-state index is 10.8. The van der Waals surface area contributed by atoms with Crippen molar-refractivity contribution in [2.75, 3.05) is 39.4 Å². The number of rotatable bonds is 7. The normalized spacial score (nSPS) is 16.2. The van der Waals surface area contributed by atoms with E-state index in [9.17, 15) is 4.79 Å². The molecule has 1 aliphatic heterocycles. The molecule has 0 aromatic heterocycles. The van der Waals surface area contributed by atoms with Crippen molar-refractivity contribution in [3.63, 3.8) is 0 Å². The minimum absolute atomic E-state index is 0.0846. The fourth-order valence-corrected chi connectivity index (χ4v) is 2.35. The molecule has 1 aliphatic rings. The lowest BCUT2D eigenvalue weighted by molar-refractivity contribution is -0.136. The van der Waals surface area contributed by atoms with Crippen LogP contribution in [0.15, 0.2) is 24.3 Å². The monoisotopic (exact) mass is 278 g/mol. The molecule has 5 nitrogen and oxygen atoms in total. The van der Waals surface area contributed by atoms with Gasteiger partial charge in [0.05, 0.1) is 19.6 Å². The van der Waals surface area contributed by atoms with Crippen molar-refractivity contribution in [3.8, 4) is 0 Å². The van der Waals surface area contributed by atoms with Gasteiger partial charge in [-0.1, -0.05) is 24.3 Å². The predicted molar refractivity (Wildman–Crippen MR) is 76.7 cm³/mol. The zero-order chi connectivity index (χ0) is 14.2. The Balaban J connectivity index is 1.74. The molecule has 0 saturated carbocycles. The lowest BCUT2D eigenvalue weighted by Gasteiger charge is -2.26. The Bertz CT molecular complexity index is 431. The molecule has 0 aliphatic carbocycles. The number of carboxylic acids is 1. The lowest BCUT2D eigenvalue weighted by Crippen LogP contribution is -2.40. The van der Waals surface area contributed by atoms with Gasteiger partial charge in [-0.25, -0.2) is 0 Å². The third-order valence-corrected chi connectivity index (χ3v) is 3.48. The number of nitrogens with zero attached hydrogens (tertiary/aromatic N) is 1. The Labute approximate surface area is 119 Å². The summed E-state index contributed by atoms with van der Waals surface area (Å²) in [4.78, 5) is 13.2. The van der Waals surface area contributed by atoms with Crippen molar-refractivity contribution >= 4 is 5.97 Å². The zero-order valence-electron chi connectivity index (χ0n) is 11.7. The first-order valence-electron chi connectivity index (χ1n) is 7.05. The molecule has 1 fully saturated rings. The molecule has 0 bridgehead atoms. The number of carbonyl (C=O) groups is 1. The van der Waals surface area contributed by atoms with Gasteiger partial charge in [0.2, 0.25) is 0 Å². The van der Waals surface area contributed by atoms with Gasteiger partial charge < -0.3 is 15.2 Å². The number of morpholine rings is 1. The Kier molecular flexibility index (Phi) is 5.98. The molecule has 2 rings (SSSR count). The number of nitrogens with one attached hydrogen (secondary N) is 1. The van der Waals surface area contributed by atoms with Crippen LogP contribution in [-0.2, 0) is 22.5 Å². The average Bonchev–Trinajstić information content (AvgIpc) is 2.46. The summed E-state index contributed by atoms with van der Waals surface area (Å²) < 4.78 is 5.31. The molecular weight excluding hydrogens is 256 g/mol. The SMILES string of the molecule is O=C(O)Cc1ccccc1CNCCN1CCOCC1. The molecule has 0 atom stereocenters. The van der Waals surface area contributed by atoms with E-state index >= 15 is 0 Å². The molecule has 0 spiro atoms. The highest BCUT2D eigenvalue weighted by molar-refractivity contribution is 5.70. The first-order valence-corrected chi connectivity index (χ1v) is 7.05. The van der Waals surface area contributed by atoms with Crippen LogP contribution in [0.4, 0.5) is 0 Å². The van der Waals surface area contributed by atoms with Gasteiger partial charge in [-0.05, 0) is 11.1 Å². The number of ether oxygens (including phenoxy) is 1. The second-order valence-corrected chi connectivity index (χ2v) is 4.97. The van der Waals surface area contributed by atoms with Crippen LogP contribution in [0.5, 0.6) is 0 Å². The molecule has 1 aromatic rings. The highest BCUT2D eigenvalue weighted by Gasteiger charge is 2.09. The molecule has 0 unspecified atom stereocenters. The smallest absolute Gasteiger partial charge is 0.307 e. The van der Waals surface area contributed by atoms with Crippen molar-refractivity contribution in [3.05, 3.63) is 35.4 Å². The highest BCUT2D eigenvalue weighted by atomic mass is 16.5. The van der Waals surface area contributed by atoms with Crippen LogP contribution in [0, 0.1) is 0 Å². The standard InChI is InChI=1S/C15H22N2O3/c18-15(19)11-13-3-1-2-4-14(13)12-16-5-6-17-7-9-20-10-8-17/h1-4,16H,5-12H2,(H,18,19). The first kappa shape index (κ1) is 15.0. The van der Waals surface area contributed by atoms with Gasteiger partial charge in [0.25, 0.3) is 0 Å². The minimum atomic E-state index is -0.786. The van der Waals surface area contributed by atoms with Gasteiger partial charge in [0.15, 0.2) is 0 Å². The summed E-state index contributed by atoms with van der Waals surface area (Å²) in [6, 6.07) is 7.70. The van der Waals surface area contributed by atoms with Crippen molar-refractivity contribution in [1.82, 2.24) is 10.2 Å². The summed E-state index contributed by atoms with van der Waals surface area (Å²) in [5.74, 6) is -0.786. The summed E-state index contributed by atoms with van der Waals surface area (Å²) in [5, 5.41) is 12.3. The fraction of sp³-hybridized carbons (Fsp3) is 0.533. The summed E-state index contributed by atoms with van der Waals surface area (Å²) >= 11 is 0. The molecule has 2 N–H and O–H groups in total. The maximum Gasteiger partial charge on any atom is 0.307 e. The number of hydrogen-bond donors (Lipinski definition) is 2. The van der Waals surface area contributed by atoms with Crippen molar-refractivity contribution in [2.45, 2.75) is 13.0 Å². The Morgan fingerprint density at radius 1 is 1.25 bits per heavy atom. The largest absolute Gasteiger partial charge is 0.481 e. The van der Waals surface area contributed by atoms with E-state index in [0.29, 0.717) is 6.54 Å². The minimum Gasteiger partial charge on any atom is -0.481 e.